The lowest BCUT2D eigenvalue weighted by atomic mass is 9.92. The van der Waals surface area contributed by atoms with Crippen LogP contribution in [0.2, 0.25) is 0 Å². The standard InChI is InChI=1S/C12H17BrN2/c1-14-12(10-6-7-15-8-10)9-2-4-11(13)5-3-9/h2-5,10,12,14-15H,6-8H2,1H3. The van der Waals surface area contributed by atoms with Gasteiger partial charge in [-0.15, -0.1) is 0 Å². The Hall–Kier alpha value is -0.380. The van der Waals surface area contributed by atoms with Gasteiger partial charge in [-0.25, -0.2) is 0 Å². The number of hydrogen-bond acceptors (Lipinski definition) is 2. The zero-order valence-corrected chi connectivity index (χ0v) is 10.5. The van der Waals surface area contributed by atoms with Crippen LogP contribution in [-0.2, 0) is 0 Å². The monoisotopic (exact) mass is 268 g/mol. The molecular formula is C12H17BrN2. The largest absolute Gasteiger partial charge is 0.316 e. The normalized spacial score (nSPS) is 22.9. The maximum Gasteiger partial charge on any atom is 0.0358 e. The first-order valence-corrected chi connectivity index (χ1v) is 6.24. The highest BCUT2D eigenvalue weighted by molar-refractivity contribution is 9.10. The molecule has 82 valence electrons. The third kappa shape index (κ3) is 2.60. The van der Waals surface area contributed by atoms with Crippen LogP contribution in [0, 0.1) is 5.92 Å². The highest BCUT2D eigenvalue weighted by atomic mass is 79.9. The summed E-state index contributed by atoms with van der Waals surface area (Å²) in [7, 11) is 2.05. The van der Waals surface area contributed by atoms with Crippen molar-refractivity contribution in [3.05, 3.63) is 34.3 Å². The summed E-state index contributed by atoms with van der Waals surface area (Å²) in [6, 6.07) is 9.10. The van der Waals surface area contributed by atoms with Gasteiger partial charge in [0.25, 0.3) is 0 Å². The van der Waals surface area contributed by atoms with Gasteiger partial charge in [0.15, 0.2) is 0 Å². The molecule has 0 aromatic heterocycles. The van der Waals surface area contributed by atoms with Crippen molar-refractivity contribution in [1.82, 2.24) is 10.6 Å². The van der Waals surface area contributed by atoms with Crippen LogP contribution in [0.1, 0.15) is 18.0 Å². The SMILES string of the molecule is CNC(c1ccc(Br)cc1)C1CCNC1. The highest BCUT2D eigenvalue weighted by Gasteiger charge is 2.24. The predicted molar refractivity (Wildman–Crippen MR) is 66.9 cm³/mol. The summed E-state index contributed by atoms with van der Waals surface area (Å²) in [6.07, 6.45) is 1.27. The van der Waals surface area contributed by atoms with E-state index in [1.807, 2.05) is 7.05 Å². The van der Waals surface area contributed by atoms with Gasteiger partial charge in [-0.1, -0.05) is 28.1 Å². The van der Waals surface area contributed by atoms with Crippen molar-refractivity contribution in [3.8, 4) is 0 Å². The zero-order valence-electron chi connectivity index (χ0n) is 8.96. The molecule has 1 aromatic carbocycles. The van der Waals surface area contributed by atoms with Crippen molar-refractivity contribution in [2.75, 3.05) is 20.1 Å². The van der Waals surface area contributed by atoms with Crippen LogP contribution in [0.25, 0.3) is 0 Å². The van der Waals surface area contributed by atoms with Gasteiger partial charge >= 0.3 is 0 Å². The molecule has 2 atom stereocenters. The average molecular weight is 269 g/mol. The second kappa shape index (κ2) is 5.10. The lowest BCUT2D eigenvalue weighted by Crippen LogP contribution is -2.26. The van der Waals surface area contributed by atoms with Crippen LogP contribution in [0.4, 0.5) is 0 Å². The highest BCUT2D eigenvalue weighted by Crippen LogP contribution is 2.27. The van der Waals surface area contributed by atoms with Crippen LogP contribution in [0.3, 0.4) is 0 Å². The number of benzene rings is 1. The smallest absolute Gasteiger partial charge is 0.0358 e. The van der Waals surface area contributed by atoms with E-state index in [-0.39, 0.29) is 0 Å². The summed E-state index contributed by atoms with van der Waals surface area (Å²) in [5.74, 6) is 0.719. The summed E-state index contributed by atoms with van der Waals surface area (Å²) in [6.45, 7) is 2.28. The van der Waals surface area contributed by atoms with E-state index < -0.39 is 0 Å². The number of nitrogens with one attached hydrogen (secondary N) is 2. The molecule has 15 heavy (non-hydrogen) atoms. The summed E-state index contributed by atoms with van der Waals surface area (Å²) in [4.78, 5) is 0. The average Bonchev–Trinajstić information content (AvgIpc) is 2.75. The van der Waals surface area contributed by atoms with Crippen molar-refractivity contribution in [2.24, 2.45) is 5.92 Å². The van der Waals surface area contributed by atoms with Crippen LogP contribution < -0.4 is 10.6 Å². The fourth-order valence-corrected chi connectivity index (χ4v) is 2.57. The van der Waals surface area contributed by atoms with Gasteiger partial charge in [-0.3, -0.25) is 0 Å². The van der Waals surface area contributed by atoms with Gasteiger partial charge in [0.05, 0.1) is 0 Å². The van der Waals surface area contributed by atoms with Crippen LogP contribution >= 0.6 is 15.9 Å². The van der Waals surface area contributed by atoms with Crippen LogP contribution in [0.5, 0.6) is 0 Å². The molecular weight excluding hydrogens is 252 g/mol. The summed E-state index contributed by atoms with van der Waals surface area (Å²) in [5.41, 5.74) is 1.38. The molecule has 0 bridgehead atoms. The fourth-order valence-electron chi connectivity index (χ4n) is 2.31. The van der Waals surface area contributed by atoms with Gasteiger partial charge in [-0.05, 0) is 50.2 Å². The molecule has 0 radical (unpaired) electrons. The molecule has 1 aliphatic rings. The minimum Gasteiger partial charge on any atom is -0.316 e. The quantitative estimate of drug-likeness (QED) is 0.880. The Bertz CT molecular complexity index is 304. The Morgan fingerprint density at radius 3 is 2.67 bits per heavy atom. The van der Waals surface area contributed by atoms with E-state index in [0.717, 1.165) is 23.5 Å². The Morgan fingerprint density at radius 1 is 1.40 bits per heavy atom. The number of halogens is 1. The molecule has 0 amide bonds. The number of hydrogen-bond donors (Lipinski definition) is 2. The Morgan fingerprint density at radius 2 is 2.13 bits per heavy atom. The van der Waals surface area contributed by atoms with Gasteiger partial charge in [0.2, 0.25) is 0 Å². The van der Waals surface area contributed by atoms with E-state index in [1.165, 1.54) is 12.0 Å². The number of rotatable bonds is 3. The van der Waals surface area contributed by atoms with E-state index in [2.05, 4.69) is 50.8 Å². The van der Waals surface area contributed by atoms with Crippen molar-refractivity contribution in [1.29, 1.82) is 0 Å². The third-order valence-electron chi connectivity index (χ3n) is 3.11. The molecule has 2 N–H and O–H groups in total. The van der Waals surface area contributed by atoms with E-state index in [4.69, 9.17) is 0 Å². The van der Waals surface area contributed by atoms with Crippen molar-refractivity contribution >= 4 is 15.9 Å². The maximum atomic E-state index is 3.47. The van der Waals surface area contributed by atoms with Crippen LogP contribution in [0.15, 0.2) is 28.7 Å². The lowest BCUT2D eigenvalue weighted by molar-refractivity contribution is 0.410. The fraction of sp³-hybridized carbons (Fsp3) is 0.500. The first-order valence-electron chi connectivity index (χ1n) is 5.44. The second-order valence-corrected chi connectivity index (χ2v) is 4.99. The summed E-state index contributed by atoms with van der Waals surface area (Å²) in [5, 5.41) is 6.84. The van der Waals surface area contributed by atoms with Gasteiger partial charge in [-0.2, -0.15) is 0 Å². The summed E-state index contributed by atoms with van der Waals surface area (Å²) < 4.78 is 1.14. The molecule has 1 heterocycles. The topological polar surface area (TPSA) is 24.1 Å². The Labute approximate surface area is 99.6 Å². The lowest BCUT2D eigenvalue weighted by Gasteiger charge is -2.22. The van der Waals surface area contributed by atoms with Gasteiger partial charge in [0, 0.05) is 10.5 Å². The first kappa shape index (κ1) is 11.1. The molecule has 1 saturated heterocycles. The zero-order chi connectivity index (χ0) is 10.7. The molecule has 2 nitrogen and oxygen atoms in total. The molecule has 2 unspecified atom stereocenters. The predicted octanol–water partition coefficient (Wildman–Crippen LogP) is 2.32. The van der Waals surface area contributed by atoms with Crippen molar-refractivity contribution in [3.63, 3.8) is 0 Å². The van der Waals surface area contributed by atoms with Gasteiger partial charge in [0.1, 0.15) is 0 Å². The van der Waals surface area contributed by atoms with E-state index in [1.54, 1.807) is 0 Å². The third-order valence-corrected chi connectivity index (χ3v) is 3.64. The molecule has 0 aliphatic carbocycles. The molecule has 0 spiro atoms. The molecule has 1 aliphatic heterocycles. The summed E-state index contributed by atoms with van der Waals surface area (Å²) >= 11 is 3.47. The molecule has 2 rings (SSSR count). The maximum absolute atomic E-state index is 3.47. The first-order chi connectivity index (χ1) is 7.31. The molecule has 0 saturated carbocycles. The van der Waals surface area contributed by atoms with Gasteiger partial charge < -0.3 is 10.6 Å². The minimum absolute atomic E-state index is 0.480. The van der Waals surface area contributed by atoms with E-state index in [0.29, 0.717) is 6.04 Å². The van der Waals surface area contributed by atoms with Crippen LogP contribution in [-0.4, -0.2) is 20.1 Å². The van der Waals surface area contributed by atoms with E-state index >= 15 is 0 Å². The van der Waals surface area contributed by atoms with E-state index in [9.17, 15) is 0 Å². The second-order valence-electron chi connectivity index (χ2n) is 4.07. The van der Waals surface area contributed by atoms with Crippen molar-refractivity contribution in [2.45, 2.75) is 12.5 Å². The van der Waals surface area contributed by atoms with Crippen molar-refractivity contribution < 1.29 is 0 Å². The Kier molecular flexibility index (Phi) is 3.78. The molecule has 1 aromatic rings. The minimum atomic E-state index is 0.480. The Balaban J connectivity index is 2.14. The molecule has 3 heteroatoms. The molecule has 1 fully saturated rings.